The number of hydrogen-bond donors (Lipinski definition) is 4. The minimum absolute atomic E-state index is 0.138. The molecule has 4 N–H and O–H groups in total. The molecule has 8 nitrogen and oxygen atoms in total. The minimum Gasteiger partial charge on any atom is -0.358 e. The first-order valence-corrected chi connectivity index (χ1v) is 13.5. The molecule has 39 heavy (non-hydrogen) atoms. The summed E-state index contributed by atoms with van der Waals surface area (Å²) >= 11 is 0. The van der Waals surface area contributed by atoms with Gasteiger partial charge in [0, 0.05) is 41.3 Å². The van der Waals surface area contributed by atoms with E-state index in [0.717, 1.165) is 36.5 Å². The van der Waals surface area contributed by atoms with E-state index in [1.807, 2.05) is 51.1 Å². The number of hydrogen-bond acceptors (Lipinski definition) is 4. The second-order valence-electron chi connectivity index (χ2n) is 9.82. The monoisotopic (exact) mass is 527 g/mol. The van der Waals surface area contributed by atoms with Gasteiger partial charge in [-0.3, -0.25) is 14.4 Å². The molecule has 3 amide bonds. The molecule has 0 spiro atoms. The van der Waals surface area contributed by atoms with Gasteiger partial charge in [-0.05, 0) is 69.3 Å². The van der Waals surface area contributed by atoms with Gasteiger partial charge in [0.05, 0.1) is 17.2 Å². The second-order valence-corrected chi connectivity index (χ2v) is 9.82. The summed E-state index contributed by atoms with van der Waals surface area (Å²) in [5.74, 6) is -0.610. The van der Waals surface area contributed by atoms with E-state index in [2.05, 4.69) is 39.7 Å². The van der Waals surface area contributed by atoms with Crippen molar-refractivity contribution in [2.24, 2.45) is 0 Å². The lowest BCUT2D eigenvalue weighted by molar-refractivity contribution is -0.110. The van der Waals surface area contributed by atoms with Crippen LogP contribution in [0.25, 0.3) is 11.6 Å². The molecular weight excluding hydrogens is 490 g/mol. The summed E-state index contributed by atoms with van der Waals surface area (Å²) in [6.45, 7) is 13.1. The van der Waals surface area contributed by atoms with Gasteiger partial charge in [0.2, 0.25) is 0 Å². The van der Waals surface area contributed by atoms with Crippen LogP contribution in [0.2, 0.25) is 0 Å². The van der Waals surface area contributed by atoms with Crippen LogP contribution in [0.15, 0.2) is 48.5 Å². The average molecular weight is 528 g/mol. The smallest absolute Gasteiger partial charge is 0.256 e. The summed E-state index contributed by atoms with van der Waals surface area (Å²) in [4.78, 5) is 44.4. The summed E-state index contributed by atoms with van der Waals surface area (Å²) in [6.07, 6.45) is 1.75. The van der Waals surface area contributed by atoms with Crippen molar-refractivity contribution < 1.29 is 14.4 Å². The fourth-order valence-corrected chi connectivity index (χ4v) is 4.94. The number of rotatable bonds is 10. The van der Waals surface area contributed by atoms with Gasteiger partial charge in [0.25, 0.3) is 17.7 Å². The maximum atomic E-state index is 13.0. The molecule has 0 radical (unpaired) electrons. The Bertz CT molecular complexity index is 1400. The predicted octanol–water partition coefficient (Wildman–Crippen LogP) is 4.69. The minimum atomic E-state index is -0.253. The number of anilines is 1. The van der Waals surface area contributed by atoms with Gasteiger partial charge in [0.1, 0.15) is 0 Å². The van der Waals surface area contributed by atoms with Gasteiger partial charge < -0.3 is 25.8 Å². The van der Waals surface area contributed by atoms with Gasteiger partial charge in [-0.2, -0.15) is 0 Å². The van der Waals surface area contributed by atoms with E-state index in [4.69, 9.17) is 0 Å². The number of amides is 3. The number of nitrogens with zero attached hydrogens (tertiary/aromatic N) is 1. The molecule has 1 aromatic heterocycles. The van der Waals surface area contributed by atoms with E-state index in [9.17, 15) is 14.4 Å². The molecule has 0 unspecified atom stereocenters. The van der Waals surface area contributed by atoms with Crippen molar-refractivity contribution in [2.75, 3.05) is 31.5 Å². The van der Waals surface area contributed by atoms with Gasteiger partial charge in [-0.25, -0.2) is 0 Å². The van der Waals surface area contributed by atoms with Gasteiger partial charge in [0.15, 0.2) is 0 Å². The van der Waals surface area contributed by atoms with Gasteiger partial charge in [-0.1, -0.05) is 44.2 Å². The first-order chi connectivity index (χ1) is 18.7. The van der Waals surface area contributed by atoms with E-state index in [1.165, 1.54) is 0 Å². The molecule has 2 heterocycles. The Morgan fingerprint density at radius 2 is 1.74 bits per heavy atom. The van der Waals surface area contributed by atoms with Crippen LogP contribution in [-0.4, -0.2) is 53.8 Å². The number of nitrogens with one attached hydrogen (secondary N) is 4. The van der Waals surface area contributed by atoms with Gasteiger partial charge in [-0.15, -0.1) is 0 Å². The summed E-state index contributed by atoms with van der Waals surface area (Å²) in [5, 5.41) is 8.92. The third-order valence-electron chi connectivity index (χ3n) is 7.31. The largest absolute Gasteiger partial charge is 0.358 e. The Morgan fingerprint density at radius 3 is 2.44 bits per heavy atom. The molecule has 1 aliphatic rings. The van der Waals surface area contributed by atoms with Gasteiger partial charge >= 0.3 is 0 Å². The number of aromatic amines is 1. The van der Waals surface area contributed by atoms with Crippen molar-refractivity contribution in [3.05, 3.63) is 87.7 Å². The molecule has 3 aromatic rings. The van der Waals surface area contributed by atoms with Crippen LogP contribution in [0.4, 0.5) is 5.69 Å². The standard InChI is InChI=1S/C31H37N5O3/c1-6-36(7-2)16-15-32-31(39)28-19(3)27(33-21(28)5)18-25-24-17-23(13-14-26(24)35-30(25)38)29(37)34-20(4)22-11-9-8-10-12-22/h8-14,17-18,20,33H,6-7,15-16H2,1-5H3,(H,32,39)(H,34,37)(H,35,38)/t20-/m0/s1. The fourth-order valence-electron chi connectivity index (χ4n) is 4.94. The lowest BCUT2D eigenvalue weighted by atomic mass is 10.0. The van der Waals surface area contributed by atoms with Crippen molar-refractivity contribution in [1.82, 2.24) is 20.5 Å². The fraction of sp³-hybridized carbons (Fsp3) is 0.323. The number of likely N-dealkylation sites (N-methyl/N-ethyl adjacent to an activating group) is 1. The van der Waals surface area contributed by atoms with Crippen LogP contribution in [0.5, 0.6) is 0 Å². The number of carbonyl (C=O) groups excluding carboxylic acids is 3. The third-order valence-corrected chi connectivity index (χ3v) is 7.31. The van der Waals surface area contributed by atoms with E-state index in [1.54, 1.807) is 24.3 Å². The van der Waals surface area contributed by atoms with Crippen molar-refractivity contribution in [3.63, 3.8) is 0 Å². The number of fused-ring (bicyclic) bond motifs is 1. The number of H-pyrrole nitrogens is 1. The maximum Gasteiger partial charge on any atom is 0.256 e. The van der Waals surface area contributed by atoms with Crippen molar-refractivity contribution in [3.8, 4) is 0 Å². The highest BCUT2D eigenvalue weighted by Gasteiger charge is 2.27. The molecule has 4 rings (SSSR count). The molecule has 0 saturated heterocycles. The highest BCUT2D eigenvalue weighted by molar-refractivity contribution is 6.35. The SMILES string of the molecule is CCN(CC)CCNC(=O)c1c(C)[nH]c(C=C2C(=O)Nc3ccc(C(=O)N[C@@H](C)c4ccccc4)cc32)c1C. The first kappa shape index (κ1) is 27.9. The molecule has 0 aliphatic carbocycles. The maximum absolute atomic E-state index is 13.0. The Balaban J connectivity index is 1.55. The Labute approximate surface area is 229 Å². The molecule has 2 aromatic carbocycles. The molecule has 0 bridgehead atoms. The zero-order chi connectivity index (χ0) is 28.1. The molecule has 204 valence electrons. The van der Waals surface area contributed by atoms with Crippen LogP contribution >= 0.6 is 0 Å². The number of aromatic nitrogens is 1. The Hall–Kier alpha value is -4.17. The van der Waals surface area contributed by atoms with Crippen LogP contribution in [0.3, 0.4) is 0 Å². The molecule has 0 fully saturated rings. The lowest BCUT2D eigenvalue weighted by Gasteiger charge is -2.18. The normalized spacial score (nSPS) is 14.3. The Morgan fingerprint density at radius 1 is 1.03 bits per heavy atom. The lowest BCUT2D eigenvalue weighted by Crippen LogP contribution is -2.35. The zero-order valence-corrected chi connectivity index (χ0v) is 23.3. The average Bonchev–Trinajstić information content (AvgIpc) is 3.40. The van der Waals surface area contributed by atoms with Crippen LogP contribution in [0, 0.1) is 13.8 Å². The predicted molar refractivity (Wildman–Crippen MR) is 156 cm³/mol. The van der Waals surface area contributed by atoms with E-state index in [0.29, 0.717) is 40.2 Å². The molecule has 0 saturated carbocycles. The highest BCUT2D eigenvalue weighted by atomic mass is 16.2. The third kappa shape index (κ3) is 6.12. The van der Waals surface area contributed by atoms with E-state index in [-0.39, 0.29) is 23.8 Å². The number of carbonyl (C=O) groups is 3. The summed E-state index contributed by atoms with van der Waals surface area (Å²) < 4.78 is 0. The van der Waals surface area contributed by atoms with E-state index < -0.39 is 0 Å². The van der Waals surface area contributed by atoms with Crippen molar-refractivity contribution in [1.29, 1.82) is 0 Å². The molecular formula is C31H37N5O3. The topological polar surface area (TPSA) is 106 Å². The summed E-state index contributed by atoms with van der Waals surface area (Å²) in [6, 6.07) is 14.8. The second kappa shape index (κ2) is 12.1. The zero-order valence-electron chi connectivity index (χ0n) is 23.3. The highest BCUT2D eigenvalue weighted by Crippen LogP contribution is 2.35. The molecule has 1 atom stereocenters. The summed E-state index contributed by atoms with van der Waals surface area (Å²) in [5.41, 5.74) is 5.99. The Kier molecular flexibility index (Phi) is 8.66. The first-order valence-electron chi connectivity index (χ1n) is 13.5. The summed E-state index contributed by atoms with van der Waals surface area (Å²) in [7, 11) is 0. The van der Waals surface area contributed by atoms with Crippen molar-refractivity contribution >= 4 is 35.1 Å². The number of benzene rings is 2. The van der Waals surface area contributed by atoms with E-state index >= 15 is 0 Å². The quantitative estimate of drug-likeness (QED) is 0.287. The van der Waals surface area contributed by atoms with Crippen molar-refractivity contribution in [2.45, 2.75) is 40.7 Å². The van der Waals surface area contributed by atoms with Crippen LogP contribution < -0.4 is 16.0 Å². The van der Waals surface area contributed by atoms with Crippen LogP contribution in [0.1, 0.15) is 75.6 Å². The van der Waals surface area contributed by atoms with Crippen LogP contribution in [-0.2, 0) is 4.79 Å². The molecule has 1 aliphatic heterocycles. The molecule has 8 heteroatoms. The number of aryl methyl sites for hydroxylation is 1.